The molecule has 4 aliphatic rings. The summed E-state index contributed by atoms with van der Waals surface area (Å²) in [6, 6.07) is 4.19. The Morgan fingerprint density at radius 3 is 2.92 bits per heavy atom. The molecular weight excluding hydrogens is 328 g/mol. The highest BCUT2D eigenvalue weighted by molar-refractivity contribution is 5.94. The molecule has 1 saturated carbocycles. The first-order valence-electron chi connectivity index (χ1n) is 9.94. The highest BCUT2D eigenvalue weighted by atomic mass is 16.6. The van der Waals surface area contributed by atoms with Gasteiger partial charge < -0.3 is 14.4 Å². The van der Waals surface area contributed by atoms with Gasteiger partial charge >= 0.3 is 5.97 Å². The highest BCUT2D eigenvalue weighted by Gasteiger charge is 2.63. The molecule has 4 atom stereocenters. The molecule has 0 bridgehead atoms. The lowest BCUT2D eigenvalue weighted by Gasteiger charge is -2.38. The van der Waals surface area contributed by atoms with Crippen LogP contribution in [0.15, 0.2) is 30.0 Å². The van der Waals surface area contributed by atoms with E-state index in [2.05, 4.69) is 35.0 Å². The largest absolute Gasteiger partial charge is 0.455 e. The van der Waals surface area contributed by atoms with E-state index in [1.807, 2.05) is 6.20 Å². The van der Waals surface area contributed by atoms with E-state index in [0.29, 0.717) is 18.4 Å². The van der Waals surface area contributed by atoms with Gasteiger partial charge in [-0.2, -0.15) is 0 Å². The Morgan fingerprint density at radius 2 is 2.15 bits per heavy atom. The summed E-state index contributed by atoms with van der Waals surface area (Å²) in [6.07, 6.45) is 9.44. The van der Waals surface area contributed by atoms with Crippen LogP contribution in [0, 0.1) is 11.8 Å². The van der Waals surface area contributed by atoms with Gasteiger partial charge in [-0.25, -0.2) is 9.78 Å². The van der Waals surface area contributed by atoms with Gasteiger partial charge in [-0.05, 0) is 55.6 Å². The molecule has 0 aromatic carbocycles. The maximum atomic E-state index is 12.4. The number of allylic oxidation sites excluding steroid dienone is 1. The number of rotatable bonds is 4. The van der Waals surface area contributed by atoms with Crippen LogP contribution in [-0.2, 0) is 20.9 Å². The normalized spacial score (nSPS) is 35.4. The van der Waals surface area contributed by atoms with E-state index >= 15 is 0 Å². The summed E-state index contributed by atoms with van der Waals surface area (Å²) < 4.78 is 12.2. The van der Waals surface area contributed by atoms with Crippen LogP contribution < -0.4 is 4.90 Å². The lowest BCUT2D eigenvalue weighted by molar-refractivity contribution is -0.142. The SMILES string of the molecule is C[C@@H]1C=C2C(=O)O[C@@H]3CCC(C1)[C@]23OCc1ccc(N2CCCC2)nc1. The fourth-order valence-electron chi connectivity index (χ4n) is 5.36. The van der Waals surface area contributed by atoms with E-state index < -0.39 is 5.60 Å². The Balaban J connectivity index is 1.35. The van der Waals surface area contributed by atoms with Crippen molar-refractivity contribution in [1.29, 1.82) is 0 Å². The molecule has 3 heterocycles. The minimum absolute atomic E-state index is 0.115. The van der Waals surface area contributed by atoms with Crippen LogP contribution in [0.25, 0.3) is 0 Å². The van der Waals surface area contributed by atoms with E-state index in [-0.39, 0.29) is 12.1 Å². The number of carbonyl (C=O) groups is 1. The predicted octanol–water partition coefficient (Wildman–Crippen LogP) is 3.24. The minimum Gasteiger partial charge on any atom is -0.455 e. The molecule has 2 aliphatic carbocycles. The summed E-state index contributed by atoms with van der Waals surface area (Å²) in [5.74, 6) is 1.67. The number of esters is 1. The number of pyridine rings is 1. The van der Waals surface area contributed by atoms with E-state index in [4.69, 9.17) is 9.47 Å². The second-order valence-corrected chi connectivity index (χ2v) is 8.26. The average molecular weight is 354 g/mol. The average Bonchev–Trinajstić information content (AvgIpc) is 3.34. The third-order valence-corrected chi connectivity index (χ3v) is 6.58. The lowest BCUT2D eigenvalue weighted by Crippen LogP contribution is -2.46. The van der Waals surface area contributed by atoms with Gasteiger partial charge in [0, 0.05) is 19.3 Å². The molecule has 138 valence electrons. The molecule has 26 heavy (non-hydrogen) atoms. The van der Waals surface area contributed by atoms with Crippen molar-refractivity contribution in [3.05, 3.63) is 35.5 Å². The minimum atomic E-state index is -0.531. The number of nitrogens with zero attached hydrogens (tertiary/aromatic N) is 2. The summed E-state index contributed by atoms with van der Waals surface area (Å²) in [4.78, 5) is 19.3. The third kappa shape index (κ3) is 2.40. The summed E-state index contributed by atoms with van der Waals surface area (Å²) in [7, 11) is 0. The summed E-state index contributed by atoms with van der Waals surface area (Å²) in [5, 5.41) is 0. The van der Waals surface area contributed by atoms with Crippen molar-refractivity contribution in [3.8, 4) is 0 Å². The fourth-order valence-corrected chi connectivity index (χ4v) is 5.36. The Morgan fingerprint density at radius 1 is 1.31 bits per heavy atom. The van der Waals surface area contributed by atoms with Crippen molar-refractivity contribution >= 4 is 11.8 Å². The van der Waals surface area contributed by atoms with Crippen LogP contribution in [0.3, 0.4) is 0 Å². The maximum absolute atomic E-state index is 12.4. The molecule has 0 spiro atoms. The zero-order chi connectivity index (χ0) is 17.7. The van der Waals surface area contributed by atoms with Crippen LogP contribution in [0.4, 0.5) is 5.82 Å². The van der Waals surface area contributed by atoms with Gasteiger partial charge in [-0.3, -0.25) is 0 Å². The fraction of sp³-hybridized carbons (Fsp3) is 0.619. The molecule has 0 N–H and O–H groups in total. The molecule has 0 radical (unpaired) electrons. The van der Waals surface area contributed by atoms with Gasteiger partial charge in [0.05, 0.1) is 12.2 Å². The van der Waals surface area contributed by atoms with E-state index in [9.17, 15) is 4.79 Å². The number of aromatic nitrogens is 1. The molecular formula is C21H26N2O3. The van der Waals surface area contributed by atoms with Crippen LogP contribution >= 0.6 is 0 Å². The van der Waals surface area contributed by atoms with Crippen LogP contribution in [-0.4, -0.2) is 35.7 Å². The molecule has 1 unspecified atom stereocenters. The monoisotopic (exact) mass is 354 g/mol. The van der Waals surface area contributed by atoms with Crippen molar-refractivity contribution in [1.82, 2.24) is 4.98 Å². The number of anilines is 1. The van der Waals surface area contributed by atoms with E-state index in [1.54, 1.807) is 0 Å². The predicted molar refractivity (Wildman–Crippen MR) is 97.7 cm³/mol. The zero-order valence-corrected chi connectivity index (χ0v) is 15.3. The topological polar surface area (TPSA) is 51.7 Å². The maximum Gasteiger partial charge on any atom is 0.337 e. The van der Waals surface area contributed by atoms with Gasteiger partial charge in [0.2, 0.25) is 0 Å². The van der Waals surface area contributed by atoms with Crippen molar-refractivity contribution in [2.45, 2.75) is 57.3 Å². The summed E-state index contributed by atoms with van der Waals surface area (Å²) in [5.41, 5.74) is 1.29. The second kappa shape index (κ2) is 6.08. The number of carbonyl (C=O) groups excluding carboxylic acids is 1. The molecule has 1 aromatic heterocycles. The number of hydrogen-bond acceptors (Lipinski definition) is 5. The van der Waals surface area contributed by atoms with Gasteiger partial charge in [-0.15, -0.1) is 0 Å². The Labute approximate surface area is 154 Å². The molecule has 2 aliphatic heterocycles. The Bertz CT molecular complexity index is 738. The number of ether oxygens (including phenoxy) is 2. The van der Waals surface area contributed by atoms with Crippen molar-refractivity contribution in [2.75, 3.05) is 18.0 Å². The summed E-state index contributed by atoms with van der Waals surface area (Å²) >= 11 is 0. The molecule has 5 rings (SSSR count). The first-order chi connectivity index (χ1) is 12.7. The van der Waals surface area contributed by atoms with Gasteiger partial charge in [-0.1, -0.05) is 19.1 Å². The molecule has 5 nitrogen and oxygen atoms in total. The quantitative estimate of drug-likeness (QED) is 0.777. The Kier molecular flexibility index (Phi) is 3.82. The van der Waals surface area contributed by atoms with E-state index in [0.717, 1.165) is 49.3 Å². The van der Waals surface area contributed by atoms with Crippen molar-refractivity contribution in [3.63, 3.8) is 0 Å². The number of hydrogen-bond donors (Lipinski definition) is 0. The second-order valence-electron chi connectivity index (χ2n) is 8.26. The van der Waals surface area contributed by atoms with Crippen molar-refractivity contribution in [2.24, 2.45) is 11.8 Å². The van der Waals surface area contributed by atoms with Crippen LogP contribution in [0.5, 0.6) is 0 Å². The third-order valence-electron chi connectivity index (χ3n) is 6.58. The lowest BCUT2D eigenvalue weighted by atomic mass is 9.73. The standard InChI is InChI=1S/C21H26N2O3/c1-14-10-16-5-6-18-21(16,17(11-14)20(24)26-18)25-13-15-4-7-19(22-12-15)23-8-2-3-9-23/h4,7,11-12,14,16,18H,2-3,5-6,8-10,13H2,1H3/t14-,16?,18+,21-/m0/s1. The molecule has 3 fully saturated rings. The molecule has 5 heteroatoms. The highest BCUT2D eigenvalue weighted by Crippen LogP contribution is 2.55. The Hall–Kier alpha value is -1.88. The molecule has 0 amide bonds. The first-order valence-corrected chi connectivity index (χ1v) is 9.94. The van der Waals surface area contributed by atoms with Gasteiger partial charge in [0.1, 0.15) is 17.5 Å². The van der Waals surface area contributed by atoms with Crippen LogP contribution in [0.2, 0.25) is 0 Å². The molecule has 1 aromatic rings. The first kappa shape index (κ1) is 16.3. The van der Waals surface area contributed by atoms with E-state index in [1.165, 1.54) is 12.8 Å². The van der Waals surface area contributed by atoms with Gasteiger partial charge in [0.25, 0.3) is 0 Å². The zero-order valence-electron chi connectivity index (χ0n) is 15.3. The molecule has 2 saturated heterocycles. The van der Waals surface area contributed by atoms with Gasteiger partial charge in [0.15, 0.2) is 0 Å². The van der Waals surface area contributed by atoms with Crippen molar-refractivity contribution < 1.29 is 14.3 Å². The summed E-state index contributed by atoms with van der Waals surface area (Å²) in [6.45, 7) is 4.85. The smallest absolute Gasteiger partial charge is 0.337 e. The van der Waals surface area contributed by atoms with Crippen LogP contribution in [0.1, 0.15) is 44.6 Å².